The quantitative estimate of drug-likeness (QED) is 0.187. The zero-order chi connectivity index (χ0) is 21.9. The number of allylic oxidation sites excluding steroid dienone is 1. The van der Waals surface area contributed by atoms with Gasteiger partial charge in [-0.05, 0) is 91.0 Å². The van der Waals surface area contributed by atoms with E-state index in [1.54, 1.807) is 12.5 Å². The first-order valence-corrected chi connectivity index (χ1v) is 14.1. The van der Waals surface area contributed by atoms with Gasteiger partial charge >= 0.3 is 5.97 Å². The number of hydrogen-bond donors (Lipinski definition) is 0. The van der Waals surface area contributed by atoms with Gasteiger partial charge in [0, 0.05) is 18.8 Å². The molecule has 1 aliphatic heterocycles. The summed E-state index contributed by atoms with van der Waals surface area (Å²) >= 11 is 2.54. The number of carbonyl (C=O) groups is 1. The summed E-state index contributed by atoms with van der Waals surface area (Å²) in [4.78, 5) is 11.8. The lowest BCUT2D eigenvalue weighted by Gasteiger charge is -2.61. The third-order valence-corrected chi connectivity index (χ3v) is 10.8. The maximum absolute atomic E-state index is 11.8. The van der Waals surface area contributed by atoms with Gasteiger partial charge in [0.1, 0.15) is 6.10 Å². The molecule has 4 fully saturated rings. The lowest BCUT2D eigenvalue weighted by Crippen LogP contribution is -2.55. The summed E-state index contributed by atoms with van der Waals surface area (Å²) in [6.45, 7) is 8.02. The minimum atomic E-state index is -0.438. The molecule has 174 valence electrons. The SMILES string of the molecule is CC(=O)O[C@H]1CC[C@H]2[C@@H]3[C@@H](CCCI)CC4=CC5(CC[C@]4(C)[C@H]3CC[C@]12C)OCCO5. The zero-order valence-corrected chi connectivity index (χ0v) is 21.6. The molecule has 0 bridgehead atoms. The molecule has 0 aromatic rings. The summed E-state index contributed by atoms with van der Waals surface area (Å²) in [6, 6.07) is 0. The first-order valence-electron chi connectivity index (χ1n) is 12.5. The molecule has 31 heavy (non-hydrogen) atoms. The van der Waals surface area contributed by atoms with E-state index >= 15 is 0 Å². The van der Waals surface area contributed by atoms with Crippen LogP contribution < -0.4 is 0 Å². The van der Waals surface area contributed by atoms with Crippen LogP contribution in [0.4, 0.5) is 0 Å². The van der Waals surface area contributed by atoms with E-state index in [1.165, 1.54) is 49.4 Å². The van der Waals surface area contributed by atoms with Gasteiger partial charge in [-0.2, -0.15) is 0 Å². The number of alkyl halides is 1. The van der Waals surface area contributed by atoms with Gasteiger partial charge in [0.25, 0.3) is 0 Å². The Morgan fingerprint density at radius 2 is 1.90 bits per heavy atom. The third kappa shape index (κ3) is 3.63. The second-order valence-electron chi connectivity index (χ2n) is 11.4. The molecule has 4 nitrogen and oxygen atoms in total. The summed E-state index contributed by atoms with van der Waals surface area (Å²) in [7, 11) is 0. The van der Waals surface area contributed by atoms with Gasteiger partial charge in [-0.3, -0.25) is 4.79 Å². The number of halogens is 1. The van der Waals surface area contributed by atoms with Crippen LogP contribution in [-0.4, -0.2) is 35.5 Å². The number of rotatable bonds is 4. The summed E-state index contributed by atoms with van der Waals surface area (Å²) < 4.78 is 19.4. The molecular formula is C26H39IO4. The van der Waals surface area contributed by atoms with Crippen molar-refractivity contribution in [3.05, 3.63) is 11.6 Å². The van der Waals surface area contributed by atoms with Gasteiger partial charge in [-0.15, -0.1) is 0 Å². The highest BCUT2D eigenvalue weighted by Crippen LogP contribution is 2.68. The van der Waals surface area contributed by atoms with Crippen LogP contribution in [0.3, 0.4) is 0 Å². The molecule has 0 radical (unpaired) electrons. The Hall–Kier alpha value is -0.140. The zero-order valence-electron chi connectivity index (χ0n) is 19.5. The second-order valence-corrected chi connectivity index (χ2v) is 12.5. The van der Waals surface area contributed by atoms with Crippen LogP contribution in [0.2, 0.25) is 0 Å². The molecule has 3 saturated carbocycles. The van der Waals surface area contributed by atoms with E-state index in [4.69, 9.17) is 14.2 Å². The average Bonchev–Trinajstić information content (AvgIpc) is 3.32. The van der Waals surface area contributed by atoms with E-state index in [9.17, 15) is 4.79 Å². The minimum absolute atomic E-state index is 0.106. The van der Waals surface area contributed by atoms with Gasteiger partial charge < -0.3 is 14.2 Å². The number of fused-ring (bicyclic) bond motifs is 5. The fraction of sp³-hybridized carbons (Fsp3) is 0.885. The van der Waals surface area contributed by atoms with Gasteiger partial charge in [0.2, 0.25) is 0 Å². The average molecular weight is 542 g/mol. The molecule has 7 atom stereocenters. The highest BCUT2D eigenvalue weighted by atomic mass is 127. The van der Waals surface area contributed by atoms with E-state index in [2.05, 4.69) is 42.5 Å². The molecule has 0 unspecified atom stereocenters. The molecule has 5 heteroatoms. The fourth-order valence-electron chi connectivity index (χ4n) is 8.50. The Kier molecular flexibility index (Phi) is 6.04. The largest absolute Gasteiger partial charge is 0.462 e. The van der Waals surface area contributed by atoms with Crippen molar-refractivity contribution in [2.24, 2.45) is 34.5 Å². The Morgan fingerprint density at radius 1 is 1.13 bits per heavy atom. The molecule has 0 N–H and O–H groups in total. The molecule has 5 rings (SSSR count). The van der Waals surface area contributed by atoms with Gasteiger partial charge in [0.05, 0.1) is 13.2 Å². The normalized spacial score (nSPS) is 45.5. The van der Waals surface area contributed by atoms with Crippen LogP contribution in [0, 0.1) is 34.5 Å². The van der Waals surface area contributed by atoms with Gasteiger partial charge in [-0.25, -0.2) is 0 Å². The van der Waals surface area contributed by atoms with Crippen molar-refractivity contribution >= 4 is 28.6 Å². The lowest BCUT2D eigenvalue weighted by atomic mass is 9.44. The van der Waals surface area contributed by atoms with Crippen LogP contribution in [0.1, 0.15) is 78.6 Å². The third-order valence-electron chi connectivity index (χ3n) is 10.0. The Labute approximate surface area is 201 Å². The topological polar surface area (TPSA) is 44.8 Å². The minimum Gasteiger partial charge on any atom is -0.462 e. The maximum atomic E-state index is 11.8. The highest BCUT2D eigenvalue weighted by Gasteiger charge is 2.62. The van der Waals surface area contributed by atoms with Gasteiger partial charge in [-0.1, -0.05) is 42.0 Å². The van der Waals surface area contributed by atoms with E-state index in [1.807, 2.05) is 0 Å². The summed E-state index contributed by atoms with van der Waals surface area (Å²) in [5.41, 5.74) is 2.05. The molecule has 5 aliphatic rings. The number of ether oxygens (including phenoxy) is 3. The van der Waals surface area contributed by atoms with Crippen LogP contribution in [0.5, 0.6) is 0 Å². The summed E-state index contributed by atoms with van der Waals surface area (Å²) in [6.07, 6.45) is 13.2. The van der Waals surface area contributed by atoms with E-state index < -0.39 is 5.79 Å². The number of hydrogen-bond acceptors (Lipinski definition) is 4. The van der Waals surface area contributed by atoms with Crippen molar-refractivity contribution in [1.29, 1.82) is 0 Å². The summed E-state index contributed by atoms with van der Waals surface area (Å²) in [5.74, 6) is 2.36. The number of esters is 1. The molecule has 0 aromatic carbocycles. The Balaban J connectivity index is 1.49. The molecule has 0 amide bonds. The van der Waals surface area contributed by atoms with Crippen molar-refractivity contribution in [2.75, 3.05) is 17.6 Å². The first kappa shape index (κ1) is 22.6. The maximum Gasteiger partial charge on any atom is 0.302 e. The van der Waals surface area contributed by atoms with Crippen LogP contribution >= 0.6 is 22.6 Å². The van der Waals surface area contributed by atoms with Gasteiger partial charge in [0.15, 0.2) is 5.79 Å². The van der Waals surface area contributed by atoms with Crippen LogP contribution in [0.25, 0.3) is 0 Å². The predicted molar refractivity (Wildman–Crippen MR) is 129 cm³/mol. The van der Waals surface area contributed by atoms with E-state index in [0.717, 1.165) is 43.8 Å². The van der Waals surface area contributed by atoms with Crippen molar-refractivity contribution < 1.29 is 19.0 Å². The smallest absolute Gasteiger partial charge is 0.302 e. The van der Waals surface area contributed by atoms with Crippen LogP contribution in [0.15, 0.2) is 11.6 Å². The fourth-order valence-corrected chi connectivity index (χ4v) is 8.94. The van der Waals surface area contributed by atoms with Crippen molar-refractivity contribution in [3.8, 4) is 0 Å². The standard InChI is InChI=1S/C26H39IO4/c1-17(28)31-22-7-6-20-23-18(5-4-12-27)15-19-16-26(29-13-14-30-26)11-10-24(19,2)21(23)8-9-25(20,22)3/h16,18,20-23H,4-15H2,1-3H3/t18-,20-,21-,22-,23-,24-,25-/m0/s1. The van der Waals surface area contributed by atoms with Crippen molar-refractivity contribution in [1.82, 2.24) is 0 Å². The Morgan fingerprint density at radius 3 is 2.61 bits per heavy atom. The van der Waals surface area contributed by atoms with E-state index in [-0.39, 0.29) is 22.9 Å². The van der Waals surface area contributed by atoms with E-state index in [0.29, 0.717) is 5.92 Å². The lowest BCUT2D eigenvalue weighted by molar-refractivity contribution is -0.163. The molecule has 1 heterocycles. The summed E-state index contributed by atoms with van der Waals surface area (Å²) in [5, 5.41) is 0. The highest BCUT2D eigenvalue weighted by molar-refractivity contribution is 14.1. The molecule has 4 aliphatic carbocycles. The molecule has 0 aromatic heterocycles. The second kappa shape index (κ2) is 8.26. The molecule has 1 spiro atoms. The molecular weight excluding hydrogens is 503 g/mol. The number of carbonyl (C=O) groups excluding carboxylic acids is 1. The first-order chi connectivity index (χ1) is 14.8. The molecule has 1 saturated heterocycles. The Bertz CT molecular complexity index is 744. The predicted octanol–water partition coefficient (Wildman–Crippen LogP) is 6.07. The van der Waals surface area contributed by atoms with Crippen LogP contribution in [-0.2, 0) is 19.0 Å². The monoisotopic (exact) mass is 542 g/mol. The van der Waals surface area contributed by atoms with Crippen molar-refractivity contribution in [2.45, 2.75) is 90.4 Å². The van der Waals surface area contributed by atoms with Crippen molar-refractivity contribution in [3.63, 3.8) is 0 Å².